The number of aromatic nitrogens is 1. The standard InChI is InChI=1S/C11H12ClN3O/c12-8-1-2-10-7(5-8)3-4-15(10)6-9(13)11(14)16/h1-5,9H,6,13H2,(H2,14,16). The summed E-state index contributed by atoms with van der Waals surface area (Å²) < 4.78 is 1.89. The van der Waals surface area contributed by atoms with E-state index >= 15 is 0 Å². The van der Waals surface area contributed by atoms with E-state index in [0.29, 0.717) is 11.6 Å². The summed E-state index contributed by atoms with van der Waals surface area (Å²) in [6.07, 6.45) is 1.86. The highest BCUT2D eigenvalue weighted by Gasteiger charge is 2.11. The minimum atomic E-state index is -0.675. The van der Waals surface area contributed by atoms with Crippen LogP contribution in [0.4, 0.5) is 0 Å². The maximum atomic E-state index is 10.9. The van der Waals surface area contributed by atoms with Crippen LogP contribution in [0.15, 0.2) is 30.5 Å². The van der Waals surface area contributed by atoms with Crippen molar-refractivity contribution in [1.29, 1.82) is 0 Å². The third-order valence-corrected chi connectivity index (χ3v) is 2.73. The van der Waals surface area contributed by atoms with E-state index in [2.05, 4.69) is 0 Å². The molecule has 1 heterocycles. The van der Waals surface area contributed by atoms with Gasteiger partial charge in [0.1, 0.15) is 6.04 Å². The molecule has 0 aliphatic heterocycles. The zero-order chi connectivity index (χ0) is 11.7. The van der Waals surface area contributed by atoms with E-state index in [-0.39, 0.29) is 0 Å². The summed E-state index contributed by atoms with van der Waals surface area (Å²) in [5.74, 6) is -0.504. The Labute approximate surface area is 97.8 Å². The molecular formula is C11H12ClN3O. The van der Waals surface area contributed by atoms with Gasteiger partial charge in [0, 0.05) is 28.7 Å². The fraction of sp³-hybridized carbons (Fsp3) is 0.182. The number of nitrogens with two attached hydrogens (primary N) is 2. The second-order valence-corrected chi connectivity index (χ2v) is 4.12. The third kappa shape index (κ3) is 2.03. The van der Waals surface area contributed by atoms with E-state index < -0.39 is 11.9 Å². The van der Waals surface area contributed by atoms with Crippen LogP contribution in [0.3, 0.4) is 0 Å². The number of fused-ring (bicyclic) bond motifs is 1. The number of rotatable bonds is 3. The van der Waals surface area contributed by atoms with Crippen molar-refractivity contribution in [3.63, 3.8) is 0 Å². The Hall–Kier alpha value is -1.52. The number of hydrogen-bond acceptors (Lipinski definition) is 2. The van der Waals surface area contributed by atoms with Crippen molar-refractivity contribution in [2.75, 3.05) is 0 Å². The smallest absolute Gasteiger partial charge is 0.236 e. The monoisotopic (exact) mass is 237 g/mol. The predicted molar refractivity (Wildman–Crippen MR) is 64.1 cm³/mol. The normalized spacial score (nSPS) is 12.9. The van der Waals surface area contributed by atoms with Crippen LogP contribution in [0.1, 0.15) is 0 Å². The molecule has 1 amide bonds. The highest BCUT2D eigenvalue weighted by Crippen LogP contribution is 2.20. The lowest BCUT2D eigenvalue weighted by atomic mass is 10.2. The van der Waals surface area contributed by atoms with Crippen LogP contribution in [-0.2, 0) is 11.3 Å². The number of benzene rings is 1. The first kappa shape index (κ1) is 11.0. The summed E-state index contributed by atoms with van der Waals surface area (Å²) in [5, 5.41) is 1.70. The number of carbonyl (C=O) groups excluding carboxylic acids is 1. The Bertz CT molecular complexity index is 535. The minimum Gasteiger partial charge on any atom is -0.368 e. The molecule has 4 nitrogen and oxygen atoms in total. The quantitative estimate of drug-likeness (QED) is 0.839. The van der Waals surface area contributed by atoms with E-state index in [9.17, 15) is 4.79 Å². The van der Waals surface area contributed by atoms with Crippen molar-refractivity contribution >= 4 is 28.4 Å². The topological polar surface area (TPSA) is 74.0 Å². The fourth-order valence-corrected chi connectivity index (χ4v) is 1.81. The first-order valence-electron chi connectivity index (χ1n) is 4.87. The molecule has 4 N–H and O–H groups in total. The second kappa shape index (κ2) is 4.15. The third-order valence-electron chi connectivity index (χ3n) is 2.49. The number of primary amides is 1. The molecule has 0 aliphatic carbocycles. The number of nitrogens with zero attached hydrogens (tertiary/aromatic N) is 1. The van der Waals surface area contributed by atoms with Crippen LogP contribution in [0.25, 0.3) is 10.9 Å². The summed E-state index contributed by atoms with van der Waals surface area (Å²) in [6.45, 7) is 0.375. The molecule has 0 spiro atoms. The van der Waals surface area contributed by atoms with Crippen LogP contribution in [0, 0.1) is 0 Å². The zero-order valence-electron chi connectivity index (χ0n) is 8.56. The lowest BCUT2D eigenvalue weighted by molar-refractivity contribution is -0.119. The van der Waals surface area contributed by atoms with Crippen molar-refractivity contribution in [1.82, 2.24) is 4.57 Å². The number of hydrogen-bond donors (Lipinski definition) is 2. The van der Waals surface area contributed by atoms with Crippen molar-refractivity contribution in [3.8, 4) is 0 Å². The van der Waals surface area contributed by atoms with Crippen LogP contribution in [-0.4, -0.2) is 16.5 Å². The van der Waals surface area contributed by atoms with Crippen LogP contribution < -0.4 is 11.5 Å². The number of amides is 1. The van der Waals surface area contributed by atoms with Crippen LogP contribution in [0.2, 0.25) is 5.02 Å². The second-order valence-electron chi connectivity index (χ2n) is 3.68. The van der Waals surface area contributed by atoms with Gasteiger partial charge < -0.3 is 16.0 Å². The molecule has 0 bridgehead atoms. The maximum absolute atomic E-state index is 10.9. The molecule has 16 heavy (non-hydrogen) atoms. The summed E-state index contributed by atoms with van der Waals surface area (Å²) in [6, 6.07) is 6.81. The van der Waals surface area contributed by atoms with Gasteiger partial charge in [-0.1, -0.05) is 11.6 Å². The molecule has 0 aliphatic rings. The average Bonchev–Trinajstić information content (AvgIpc) is 2.60. The predicted octanol–water partition coefficient (Wildman–Crippen LogP) is 1.11. The molecule has 1 aromatic carbocycles. The molecule has 0 saturated heterocycles. The van der Waals surface area contributed by atoms with Crippen LogP contribution >= 0.6 is 11.6 Å². The van der Waals surface area contributed by atoms with Crippen molar-refractivity contribution in [2.45, 2.75) is 12.6 Å². The highest BCUT2D eigenvalue weighted by molar-refractivity contribution is 6.31. The number of carbonyl (C=O) groups is 1. The van der Waals surface area contributed by atoms with Crippen molar-refractivity contribution in [2.24, 2.45) is 11.5 Å². The highest BCUT2D eigenvalue weighted by atomic mass is 35.5. The Morgan fingerprint density at radius 1 is 1.44 bits per heavy atom. The van der Waals surface area contributed by atoms with Gasteiger partial charge in [-0.2, -0.15) is 0 Å². The van der Waals surface area contributed by atoms with Crippen LogP contribution in [0.5, 0.6) is 0 Å². The molecule has 0 radical (unpaired) electrons. The first-order chi connectivity index (χ1) is 7.58. The molecule has 1 atom stereocenters. The summed E-state index contributed by atoms with van der Waals surface area (Å²) >= 11 is 5.88. The Morgan fingerprint density at radius 2 is 2.19 bits per heavy atom. The van der Waals surface area contributed by atoms with Gasteiger partial charge in [0.2, 0.25) is 5.91 Å². The van der Waals surface area contributed by atoms with Gasteiger partial charge >= 0.3 is 0 Å². The van der Waals surface area contributed by atoms with E-state index in [0.717, 1.165) is 10.9 Å². The molecule has 0 fully saturated rings. The van der Waals surface area contributed by atoms with Crippen molar-refractivity contribution in [3.05, 3.63) is 35.5 Å². The summed E-state index contributed by atoms with van der Waals surface area (Å²) in [7, 11) is 0. The molecule has 1 unspecified atom stereocenters. The van der Waals surface area contributed by atoms with Gasteiger partial charge in [0.25, 0.3) is 0 Å². The Kier molecular flexibility index (Phi) is 2.85. The van der Waals surface area contributed by atoms with Gasteiger partial charge in [-0.05, 0) is 24.3 Å². The van der Waals surface area contributed by atoms with Gasteiger partial charge in [-0.3, -0.25) is 4.79 Å². The SMILES string of the molecule is NC(=O)C(N)Cn1ccc2cc(Cl)ccc21. The minimum absolute atomic E-state index is 0.375. The fourth-order valence-electron chi connectivity index (χ4n) is 1.63. The van der Waals surface area contributed by atoms with Gasteiger partial charge in [-0.15, -0.1) is 0 Å². The largest absolute Gasteiger partial charge is 0.368 e. The Morgan fingerprint density at radius 3 is 2.88 bits per heavy atom. The lowest BCUT2D eigenvalue weighted by Gasteiger charge is -2.09. The molecule has 1 aromatic heterocycles. The zero-order valence-corrected chi connectivity index (χ0v) is 9.32. The molecular weight excluding hydrogens is 226 g/mol. The van der Waals surface area contributed by atoms with Gasteiger partial charge in [0.15, 0.2) is 0 Å². The molecule has 5 heteroatoms. The van der Waals surface area contributed by atoms with Gasteiger partial charge in [0.05, 0.1) is 0 Å². The van der Waals surface area contributed by atoms with E-state index in [1.807, 2.05) is 29.0 Å². The maximum Gasteiger partial charge on any atom is 0.236 e. The van der Waals surface area contributed by atoms with E-state index in [4.69, 9.17) is 23.1 Å². The molecule has 0 saturated carbocycles. The van der Waals surface area contributed by atoms with E-state index in [1.54, 1.807) is 6.07 Å². The van der Waals surface area contributed by atoms with Crippen molar-refractivity contribution < 1.29 is 4.79 Å². The summed E-state index contributed by atoms with van der Waals surface area (Å²) in [4.78, 5) is 10.9. The first-order valence-corrected chi connectivity index (χ1v) is 5.25. The Balaban J connectivity index is 2.35. The van der Waals surface area contributed by atoms with Gasteiger partial charge in [-0.25, -0.2) is 0 Å². The number of halogens is 1. The molecule has 2 rings (SSSR count). The lowest BCUT2D eigenvalue weighted by Crippen LogP contribution is -2.39. The molecule has 84 valence electrons. The molecule has 2 aromatic rings. The summed E-state index contributed by atoms with van der Waals surface area (Å²) in [5.41, 5.74) is 11.7. The van der Waals surface area contributed by atoms with E-state index in [1.165, 1.54) is 0 Å². The average molecular weight is 238 g/mol.